The molecular formula is C15H22N2O4S. The fraction of sp³-hybridized carbons (Fsp3) is 0.533. The summed E-state index contributed by atoms with van der Waals surface area (Å²) in [6, 6.07) is 7.63. The van der Waals surface area contributed by atoms with E-state index in [9.17, 15) is 13.2 Å². The first-order valence-corrected chi connectivity index (χ1v) is 8.99. The molecule has 2 rings (SSSR count). The van der Waals surface area contributed by atoms with Gasteiger partial charge in [0.2, 0.25) is 15.9 Å². The van der Waals surface area contributed by atoms with E-state index in [0.717, 1.165) is 17.7 Å². The summed E-state index contributed by atoms with van der Waals surface area (Å²) in [5.41, 5.74) is 1.09. The van der Waals surface area contributed by atoms with E-state index >= 15 is 0 Å². The molecule has 0 atom stereocenters. The van der Waals surface area contributed by atoms with Gasteiger partial charge in [0.25, 0.3) is 0 Å². The number of hydrogen-bond acceptors (Lipinski definition) is 4. The van der Waals surface area contributed by atoms with Gasteiger partial charge in [-0.3, -0.25) is 4.79 Å². The smallest absolute Gasteiger partial charge is 0.235 e. The van der Waals surface area contributed by atoms with Gasteiger partial charge in [-0.25, -0.2) is 8.42 Å². The number of benzene rings is 1. The quantitative estimate of drug-likeness (QED) is 0.838. The normalized spacial score (nSPS) is 17.9. The molecule has 6 nitrogen and oxygen atoms in total. The fourth-order valence-corrected chi connectivity index (χ4v) is 3.92. The molecule has 0 radical (unpaired) electrons. The van der Waals surface area contributed by atoms with Crippen molar-refractivity contribution in [1.82, 2.24) is 9.62 Å². The van der Waals surface area contributed by atoms with Crippen molar-refractivity contribution >= 4 is 15.9 Å². The Labute approximate surface area is 131 Å². The maximum atomic E-state index is 11.9. The monoisotopic (exact) mass is 326 g/mol. The summed E-state index contributed by atoms with van der Waals surface area (Å²) in [4.78, 5) is 11.9. The van der Waals surface area contributed by atoms with Crippen LogP contribution in [-0.4, -0.2) is 51.1 Å². The Balaban J connectivity index is 1.75. The maximum absolute atomic E-state index is 11.9. The zero-order chi connectivity index (χ0) is 16.0. The van der Waals surface area contributed by atoms with Gasteiger partial charge in [-0.05, 0) is 37.0 Å². The molecule has 0 bridgehead atoms. The van der Waals surface area contributed by atoms with Gasteiger partial charge in [0.15, 0.2) is 0 Å². The molecule has 0 spiro atoms. The van der Waals surface area contributed by atoms with E-state index in [2.05, 4.69) is 5.32 Å². The first kappa shape index (κ1) is 16.8. The van der Waals surface area contributed by atoms with E-state index in [4.69, 9.17) is 4.74 Å². The van der Waals surface area contributed by atoms with E-state index < -0.39 is 10.0 Å². The number of ether oxygens (including phenoxy) is 1. The highest BCUT2D eigenvalue weighted by Crippen LogP contribution is 2.13. The molecule has 1 N–H and O–H groups in total. The predicted molar refractivity (Wildman–Crippen MR) is 84.3 cm³/mol. The lowest BCUT2D eigenvalue weighted by Crippen LogP contribution is -2.44. The molecule has 7 heteroatoms. The van der Waals surface area contributed by atoms with Crippen LogP contribution in [0.4, 0.5) is 0 Å². The SMILES string of the molecule is COc1ccc(CCNC(=O)CN2CCCCS2(=O)=O)cc1. The van der Waals surface area contributed by atoms with Gasteiger partial charge < -0.3 is 10.1 Å². The minimum absolute atomic E-state index is 0.0784. The predicted octanol–water partition coefficient (Wildman–Crippen LogP) is 0.780. The first-order valence-electron chi connectivity index (χ1n) is 7.39. The highest BCUT2D eigenvalue weighted by molar-refractivity contribution is 7.89. The lowest BCUT2D eigenvalue weighted by atomic mass is 10.1. The summed E-state index contributed by atoms with van der Waals surface area (Å²) < 4.78 is 30.0. The second kappa shape index (κ2) is 7.60. The summed E-state index contributed by atoms with van der Waals surface area (Å²) in [5, 5.41) is 2.77. The third-order valence-electron chi connectivity index (χ3n) is 3.67. The molecule has 122 valence electrons. The Morgan fingerprint density at radius 1 is 1.27 bits per heavy atom. The lowest BCUT2D eigenvalue weighted by Gasteiger charge is -2.25. The summed E-state index contributed by atoms with van der Waals surface area (Å²) >= 11 is 0. The largest absolute Gasteiger partial charge is 0.497 e. The molecule has 1 aromatic rings. The van der Waals surface area contributed by atoms with Crippen LogP contribution in [0, 0.1) is 0 Å². The molecule has 22 heavy (non-hydrogen) atoms. The third kappa shape index (κ3) is 4.71. The van der Waals surface area contributed by atoms with Crippen LogP contribution in [0.2, 0.25) is 0 Å². The van der Waals surface area contributed by atoms with Crippen LogP contribution in [-0.2, 0) is 21.2 Å². The Hall–Kier alpha value is -1.60. The van der Waals surface area contributed by atoms with Crippen LogP contribution in [0.15, 0.2) is 24.3 Å². The number of carbonyl (C=O) groups is 1. The average Bonchev–Trinajstić information content (AvgIpc) is 2.50. The zero-order valence-electron chi connectivity index (χ0n) is 12.7. The Morgan fingerprint density at radius 2 is 2.00 bits per heavy atom. The van der Waals surface area contributed by atoms with Crippen LogP contribution in [0.5, 0.6) is 5.75 Å². The molecule has 0 unspecified atom stereocenters. The topological polar surface area (TPSA) is 75.7 Å². The summed E-state index contributed by atoms with van der Waals surface area (Å²) in [6.45, 7) is 0.845. The van der Waals surface area contributed by atoms with Crippen molar-refractivity contribution < 1.29 is 17.9 Å². The molecule has 0 saturated carbocycles. The third-order valence-corrected chi connectivity index (χ3v) is 5.57. The maximum Gasteiger partial charge on any atom is 0.235 e. The average molecular weight is 326 g/mol. The number of amides is 1. The second-order valence-electron chi connectivity index (χ2n) is 5.30. The van der Waals surface area contributed by atoms with Gasteiger partial charge >= 0.3 is 0 Å². The van der Waals surface area contributed by atoms with Crippen molar-refractivity contribution in [2.24, 2.45) is 0 Å². The van der Waals surface area contributed by atoms with Crippen molar-refractivity contribution in [1.29, 1.82) is 0 Å². The fourth-order valence-electron chi connectivity index (χ4n) is 2.37. The number of nitrogens with zero attached hydrogens (tertiary/aromatic N) is 1. The van der Waals surface area contributed by atoms with Crippen LogP contribution < -0.4 is 10.1 Å². The van der Waals surface area contributed by atoms with Gasteiger partial charge in [-0.1, -0.05) is 12.1 Å². The molecule has 1 heterocycles. The van der Waals surface area contributed by atoms with E-state index in [1.807, 2.05) is 24.3 Å². The zero-order valence-corrected chi connectivity index (χ0v) is 13.6. The Morgan fingerprint density at radius 3 is 2.64 bits per heavy atom. The minimum atomic E-state index is -3.24. The molecule has 1 amide bonds. The van der Waals surface area contributed by atoms with Gasteiger partial charge in [0.05, 0.1) is 19.4 Å². The van der Waals surface area contributed by atoms with E-state index in [1.54, 1.807) is 7.11 Å². The summed E-state index contributed by atoms with van der Waals surface area (Å²) in [5.74, 6) is 0.689. The summed E-state index contributed by atoms with van der Waals surface area (Å²) in [7, 11) is -1.63. The van der Waals surface area contributed by atoms with Crippen molar-refractivity contribution in [2.45, 2.75) is 19.3 Å². The molecule has 0 aromatic heterocycles. The summed E-state index contributed by atoms with van der Waals surface area (Å²) in [6.07, 6.45) is 2.19. The molecule has 1 aromatic carbocycles. The van der Waals surface area contributed by atoms with Crippen molar-refractivity contribution in [2.75, 3.05) is 32.5 Å². The lowest BCUT2D eigenvalue weighted by molar-refractivity contribution is -0.121. The van der Waals surface area contributed by atoms with E-state index in [-0.39, 0.29) is 18.2 Å². The molecule has 1 fully saturated rings. The van der Waals surface area contributed by atoms with Crippen molar-refractivity contribution in [3.8, 4) is 5.75 Å². The van der Waals surface area contributed by atoms with Gasteiger partial charge in [0, 0.05) is 13.1 Å². The van der Waals surface area contributed by atoms with Crippen molar-refractivity contribution in [3.05, 3.63) is 29.8 Å². The standard InChI is InChI=1S/C15H22N2O4S/c1-21-14-6-4-13(5-7-14)8-9-16-15(18)12-17-10-2-3-11-22(17,19)20/h4-7H,2-3,8-12H2,1H3,(H,16,18). The van der Waals surface area contributed by atoms with Gasteiger partial charge in [-0.2, -0.15) is 4.31 Å². The second-order valence-corrected chi connectivity index (χ2v) is 7.39. The van der Waals surface area contributed by atoms with E-state index in [1.165, 1.54) is 4.31 Å². The molecular weight excluding hydrogens is 304 g/mol. The van der Waals surface area contributed by atoms with Crippen LogP contribution in [0.25, 0.3) is 0 Å². The minimum Gasteiger partial charge on any atom is -0.497 e. The highest BCUT2D eigenvalue weighted by atomic mass is 32.2. The van der Waals surface area contributed by atoms with E-state index in [0.29, 0.717) is 25.9 Å². The molecule has 1 aliphatic heterocycles. The highest BCUT2D eigenvalue weighted by Gasteiger charge is 2.27. The number of nitrogens with one attached hydrogen (secondary N) is 1. The van der Waals surface area contributed by atoms with Crippen LogP contribution in [0.3, 0.4) is 0 Å². The Bertz CT molecular complexity index is 598. The first-order chi connectivity index (χ1) is 10.5. The number of hydrogen-bond donors (Lipinski definition) is 1. The van der Waals surface area contributed by atoms with Crippen molar-refractivity contribution in [3.63, 3.8) is 0 Å². The van der Waals surface area contributed by atoms with Gasteiger partial charge in [0.1, 0.15) is 5.75 Å². The number of rotatable bonds is 6. The molecule has 0 aliphatic carbocycles. The number of sulfonamides is 1. The van der Waals surface area contributed by atoms with Crippen LogP contribution in [0.1, 0.15) is 18.4 Å². The molecule has 1 aliphatic rings. The number of methoxy groups -OCH3 is 1. The number of carbonyl (C=O) groups excluding carboxylic acids is 1. The Kier molecular flexibility index (Phi) is 5.79. The van der Waals surface area contributed by atoms with Crippen LogP contribution >= 0.6 is 0 Å². The van der Waals surface area contributed by atoms with Gasteiger partial charge in [-0.15, -0.1) is 0 Å². The molecule has 1 saturated heterocycles.